The summed E-state index contributed by atoms with van der Waals surface area (Å²) in [6.45, 7) is 2.06. The van der Waals surface area contributed by atoms with Gasteiger partial charge in [-0.1, -0.05) is 12.1 Å². The van der Waals surface area contributed by atoms with Gasteiger partial charge in [-0.15, -0.1) is 0 Å². The summed E-state index contributed by atoms with van der Waals surface area (Å²) in [6.07, 6.45) is 5.94. The fourth-order valence-corrected chi connectivity index (χ4v) is 1.90. The molecule has 0 aliphatic carbocycles. The number of aromatic nitrogens is 4. The summed E-state index contributed by atoms with van der Waals surface area (Å²) in [7, 11) is 0. The van der Waals surface area contributed by atoms with Gasteiger partial charge in [0, 0.05) is 18.0 Å². The zero-order valence-electron chi connectivity index (χ0n) is 10.9. The van der Waals surface area contributed by atoms with Crippen molar-refractivity contribution in [3.8, 4) is 23.0 Å². The molecule has 0 fully saturated rings. The minimum absolute atomic E-state index is 0.374. The van der Waals surface area contributed by atoms with Crippen LogP contribution in [0, 0.1) is 0 Å². The van der Waals surface area contributed by atoms with Gasteiger partial charge in [-0.2, -0.15) is 4.98 Å². The maximum Gasteiger partial charge on any atom is 0.276 e. The molecule has 3 aromatic rings. The molecule has 2 N–H and O–H groups in total. The number of nitrogens with two attached hydrogens (primary N) is 1. The number of nitrogen functional groups attached to an aromatic ring is 1. The number of rotatable bonds is 3. The highest BCUT2D eigenvalue weighted by Crippen LogP contribution is 2.23. The molecule has 0 bridgehead atoms. The van der Waals surface area contributed by atoms with Gasteiger partial charge >= 0.3 is 0 Å². The highest BCUT2D eigenvalue weighted by Gasteiger charge is 2.13. The van der Waals surface area contributed by atoms with Gasteiger partial charge in [-0.25, -0.2) is 4.98 Å². The largest absolute Gasteiger partial charge is 0.397 e. The number of aryl methyl sites for hydroxylation is 1. The van der Waals surface area contributed by atoms with Gasteiger partial charge in [0.2, 0.25) is 5.82 Å². The zero-order valence-corrected chi connectivity index (χ0v) is 10.9. The molecular formula is C14H13N5O. The van der Waals surface area contributed by atoms with Crippen LogP contribution in [0.15, 0.2) is 41.3 Å². The number of anilines is 1. The van der Waals surface area contributed by atoms with E-state index in [0.29, 0.717) is 23.1 Å². The Morgan fingerprint density at radius 1 is 1.20 bits per heavy atom. The summed E-state index contributed by atoms with van der Waals surface area (Å²) >= 11 is 0. The fraction of sp³-hybridized carbons (Fsp3) is 0.143. The van der Waals surface area contributed by atoms with Crippen molar-refractivity contribution in [3.05, 3.63) is 42.4 Å². The Kier molecular flexibility index (Phi) is 3.12. The molecule has 100 valence electrons. The lowest BCUT2D eigenvalue weighted by Gasteiger charge is -2.00. The Balaban J connectivity index is 2.00. The van der Waals surface area contributed by atoms with Crippen LogP contribution < -0.4 is 5.73 Å². The predicted octanol–water partition coefficient (Wildman–Crippen LogP) is 2.34. The second kappa shape index (κ2) is 5.08. The van der Waals surface area contributed by atoms with Gasteiger partial charge in [0.15, 0.2) is 0 Å². The van der Waals surface area contributed by atoms with E-state index in [-0.39, 0.29) is 0 Å². The summed E-state index contributed by atoms with van der Waals surface area (Å²) in [5.74, 6) is 0.914. The van der Waals surface area contributed by atoms with Gasteiger partial charge in [0.1, 0.15) is 5.69 Å². The van der Waals surface area contributed by atoms with Crippen LogP contribution in [0.5, 0.6) is 0 Å². The quantitative estimate of drug-likeness (QED) is 0.783. The Morgan fingerprint density at radius 2 is 2.10 bits per heavy atom. The molecule has 3 aromatic heterocycles. The normalized spacial score (nSPS) is 10.7. The topological polar surface area (TPSA) is 90.7 Å². The first-order valence-electron chi connectivity index (χ1n) is 6.27. The van der Waals surface area contributed by atoms with E-state index < -0.39 is 0 Å². The number of hydrogen-bond donors (Lipinski definition) is 1. The molecule has 3 rings (SSSR count). The van der Waals surface area contributed by atoms with Gasteiger partial charge in [0.25, 0.3) is 5.89 Å². The van der Waals surface area contributed by atoms with Crippen LogP contribution in [0.1, 0.15) is 12.5 Å². The molecule has 0 saturated heterocycles. The van der Waals surface area contributed by atoms with Crippen molar-refractivity contribution in [2.75, 3.05) is 5.73 Å². The van der Waals surface area contributed by atoms with E-state index in [9.17, 15) is 0 Å². The third-order valence-electron chi connectivity index (χ3n) is 2.96. The lowest BCUT2D eigenvalue weighted by molar-refractivity contribution is 0.431. The monoisotopic (exact) mass is 267 g/mol. The fourth-order valence-electron chi connectivity index (χ4n) is 1.90. The van der Waals surface area contributed by atoms with Crippen molar-refractivity contribution in [2.45, 2.75) is 13.3 Å². The molecule has 0 aromatic carbocycles. The van der Waals surface area contributed by atoms with Crippen LogP contribution in [0.2, 0.25) is 0 Å². The van der Waals surface area contributed by atoms with Crippen LogP contribution in [0.25, 0.3) is 23.0 Å². The first-order valence-corrected chi connectivity index (χ1v) is 6.27. The molecule has 3 heterocycles. The molecule has 0 unspecified atom stereocenters. The number of hydrogen-bond acceptors (Lipinski definition) is 6. The van der Waals surface area contributed by atoms with Crippen molar-refractivity contribution in [3.63, 3.8) is 0 Å². The SMILES string of the molecule is CCc1cnccc1-c1noc(-c2ccc(N)cn2)n1. The lowest BCUT2D eigenvalue weighted by Crippen LogP contribution is -1.91. The molecular weight excluding hydrogens is 254 g/mol. The van der Waals surface area contributed by atoms with E-state index in [4.69, 9.17) is 10.3 Å². The van der Waals surface area contributed by atoms with Crippen LogP contribution >= 0.6 is 0 Å². The average molecular weight is 267 g/mol. The smallest absolute Gasteiger partial charge is 0.276 e. The summed E-state index contributed by atoms with van der Waals surface area (Å²) in [5, 5.41) is 4.01. The molecule has 0 amide bonds. The van der Waals surface area contributed by atoms with Gasteiger partial charge in [-0.3, -0.25) is 4.98 Å². The third kappa shape index (κ3) is 2.23. The van der Waals surface area contributed by atoms with Gasteiger partial charge in [0.05, 0.1) is 11.9 Å². The molecule has 6 heteroatoms. The summed E-state index contributed by atoms with van der Waals surface area (Å²) in [4.78, 5) is 12.6. The molecule has 0 aliphatic rings. The number of nitrogens with zero attached hydrogens (tertiary/aromatic N) is 4. The lowest BCUT2D eigenvalue weighted by atomic mass is 10.1. The standard InChI is InChI=1S/C14H13N5O/c1-2-9-7-16-6-5-11(9)13-18-14(20-19-13)12-4-3-10(15)8-17-12/h3-8H,2,15H2,1H3. The van der Waals surface area contributed by atoms with E-state index in [1.807, 2.05) is 12.3 Å². The molecule has 0 saturated carbocycles. The first kappa shape index (κ1) is 12.3. The maximum absolute atomic E-state index is 5.60. The van der Waals surface area contributed by atoms with Crippen molar-refractivity contribution >= 4 is 5.69 Å². The van der Waals surface area contributed by atoms with Crippen molar-refractivity contribution in [1.82, 2.24) is 20.1 Å². The second-order valence-corrected chi connectivity index (χ2v) is 4.29. The molecule has 0 aliphatic heterocycles. The van der Waals surface area contributed by atoms with Crippen LogP contribution in [0.4, 0.5) is 5.69 Å². The molecule has 0 atom stereocenters. The van der Waals surface area contributed by atoms with E-state index in [0.717, 1.165) is 17.5 Å². The van der Waals surface area contributed by atoms with E-state index in [1.165, 1.54) is 0 Å². The van der Waals surface area contributed by atoms with Crippen LogP contribution in [-0.2, 0) is 6.42 Å². The summed E-state index contributed by atoms with van der Waals surface area (Å²) in [5.41, 5.74) is 8.80. The minimum atomic E-state index is 0.374. The number of pyridine rings is 2. The molecule has 0 radical (unpaired) electrons. The van der Waals surface area contributed by atoms with E-state index >= 15 is 0 Å². The third-order valence-corrected chi connectivity index (χ3v) is 2.96. The Hall–Kier alpha value is -2.76. The zero-order chi connectivity index (χ0) is 13.9. The molecule has 6 nitrogen and oxygen atoms in total. The van der Waals surface area contributed by atoms with Crippen molar-refractivity contribution in [1.29, 1.82) is 0 Å². The van der Waals surface area contributed by atoms with Crippen molar-refractivity contribution < 1.29 is 4.52 Å². The van der Waals surface area contributed by atoms with Crippen molar-refractivity contribution in [2.24, 2.45) is 0 Å². The van der Waals surface area contributed by atoms with E-state index in [1.54, 1.807) is 24.5 Å². The Labute approximate surface area is 115 Å². The van der Waals surface area contributed by atoms with E-state index in [2.05, 4.69) is 27.0 Å². The predicted molar refractivity (Wildman–Crippen MR) is 74.6 cm³/mol. The second-order valence-electron chi connectivity index (χ2n) is 4.29. The van der Waals surface area contributed by atoms with Crippen LogP contribution in [-0.4, -0.2) is 20.1 Å². The van der Waals surface area contributed by atoms with Gasteiger partial charge in [-0.05, 0) is 30.2 Å². The van der Waals surface area contributed by atoms with Gasteiger partial charge < -0.3 is 10.3 Å². The molecule has 20 heavy (non-hydrogen) atoms. The Morgan fingerprint density at radius 3 is 2.85 bits per heavy atom. The summed E-state index contributed by atoms with van der Waals surface area (Å²) < 4.78 is 5.26. The highest BCUT2D eigenvalue weighted by atomic mass is 16.5. The maximum atomic E-state index is 5.60. The minimum Gasteiger partial charge on any atom is -0.397 e. The first-order chi connectivity index (χ1) is 9.78. The summed E-state index contributed by atoms with van der Waals surface area (Å²) in [6, 6.07) is 5.37. The highest BCUT2D eigenvalue weighted by molar-refractivity contribution is 5.61. The Bertz CT molecular complexity index is 720. The average Bonchev–Trinajstić information content (AvgIpc) is 2.97. The molecule has 0 spiro atoms. The van der Waals surface area contributed by atoms with Crippen LogP contribution in [0.3, 0.4) is 0 Å².